The normalized spacial score (nSPS) is 11.0. The number of alkyl carbamates (subject to hydrolysis) is 1. The third-order valence-electron chi connectivity index (χ3n) is 3.35. The van der Waals surface area contributed by atoms with Crippen LogP contribution in [0, 0.1) is 0 Å². The quantitative estimate of drug-likeness (QED) is 0.190. The molecule has 0 saturated heterocycles. The van der Waals surface area contributed by atoms with E-state index >= 15 is 0 Å². The monoisotopic (exact) mass is 423 g/mol. The number of benzene rings is 1. The number of rotatable bonds is 11. The molecule has 0 saturated carbocycles. The van der Waals surface area contributed by atoms with Crippen LogP contribution in [0.4, 0.5) is 4.79 Å². The van der Waals surface area contributed by atoms with Crippen LogP contribution in [0.5, 0.6) is 5.75 Å². The Hall–Kier alpha value is -1.28. The summed E-state index contributed by atoms with van der Waals surface area (Å²) in [7, 11) is 0. The van der Waals surface area contributed by atoms with Crippen LogP contribution in [0.3, 0.4) is 0 Å². The number of hydrogen-bond donors (Lipinski definition) is 1. The average Bonchev–Trinajstić information content (AvgIpc) is 2.61. The molecule has 1 amide bonds. The fraction of sp³-hybridized carbons (Fsp3) is 0.526. The fourth-order valence-corrected chi connectivity index (χ4v) is 2.18. The number of esters is 2. The smallest absolute Gasteiger partial charge is 1.00 e. The number of halogens is 1. The predicted octanol–water partition coefficient (Wildman–Crippen LogP) is 1.34. The van der Waals surface area contributed by atoms with Gasteiger partial charge in [-0.25, -0.2) is 4.79 Å². The Balaban J connectivity index is 0. The Morgan fingerprint density at radius 2 is 1.71 bits per heavy atom. The minimum absolute atomic E-state index is 0. The van der Waals surface area contributed by atoms with E-state index in [0.717, 1.165) is 0 Å². The Bertz CT molecular complexity index is 617. The average molecular weight is 424 g/mol. The van der Waals surface area contributed by atoms with Crippen molar-refractivity contribution in [2.24, 2.45) is 0 Å². The van der Waals surface area contributed by atoms with Gasteiger partial charge in [0.15, 0.2) is 0 Å². The molecule has 1 aromatic carbocycles. The minimum Gasteiger partial charge on any atom is -1.00 e. The van der Waals surface area contributed by atoms with Crippen molar-refractivity contribution in [3.63, 3.8) is 0 Å². The van der Waals surface area contributed by atoms with Gasteiger partial charge in [0.2, 0.25) is 6.29 Å². The van der Waals surface area contributed by atoms with E-state index in [4.69, 9.17) is 25.8 Å². The summed E-state index contributed by atoms with van der Waals surface area (Å²) in [6.07, 6.45) is 0.997. The Morgan fingerprint density at radius 3 is 2.32 bits per heavy atom. The third kappa shape index (κ3) is 12.2. The second-order valence-corrected chi connectivity index (χ2v) is 6.26. The van der Waals surface area contributed by atoms with E-state index in [1.54, 1.807) is 24.3 Å². The maximum absolute atomic E-state index is 11.8. The van der Waals surface area contributed by atoms with Gasteiger partial charge in [0, 0.05) is 30.8 Å². The van der Waals surface area contributed by atoms with Gasteiger partial charge < -0.3 is 21.0 Å². The van der Waals surface area contributed by atoms with Gasteiger partial charge in [0.25, 0.3) is 0 Å². The molecule has 9 heteroatoms. The van der Waals surface area contributed by atoms with Gasteiger partial charge in [0.1, 0.15) is 5.75 Å². The summed E-state index contributed by atoms with van der Waals surface area (Å²) in [5.41, 5.74) is 0. The first-order chi connectivity index (χ1) is 12.9. The molecule has 0 aliphatic carbocycles. The number of carbonyl (C=O) groups is 3. The van der Waals surface area contributed by atoms with Crippen LogP contribution in [0.2, 0.25) is 5.02 Å². The molecule has 0 heterocycles. The van der Waals surface area contributed by atoms with Crippen LogP contribution in [-0.2, 0) is 19.1 Å². The second kappa shape index (κ2) is 15.6. The first kappa shape index (κ1) is 26.7. The maximum atomic E-state index is 11.8. The van der Waals surface area contributed by atoms with Crippen molar-refractivity contribution in [3.8, 4) is 5.75 Å². The number of nitrogens with one attached hydrogen (secondary N) is 1. The van der Waals surface area contributed by atoms with Gasteiger partial charge in [-0.1, -0.05) is 25.4 Å². The van der Waals surface area contributed by atoms with Crippen LogP contribution in [0.15, 0.2) is 24.3 Å². The molecule has 7 nitrogen and oxygen atoms in total. The van der Waals surface area contributed by atoms with Crippen molar-refractivity contribution in [3.05, 3.63) is 29.3 Å². The molecular weight excluding hydrogens is 397 g/mol. The molecule has 1 rings (SSSR count). The molecule has 0 bridgehead atoms. The van der Waals surface area contributed by atoms with E-state index in [2.05, 4.69) is 5.32 Å². The fourth-order valence-electron chi connectivity index (χ4n) is 2.06. The van der Waals surface area contributed by atoms with E-state index in [9.17, 15) is 14.4 Å². The number of hydrogen-bond acceptors (Lipinski definition) is 6. The Kier molecular flexibility index (Phi) is 14.9. The van der Waals surface area contributed by atoms with Crippen LogP contribution in [-0.4, -0.2) is 30.9 Å². The maximum Gasteiger partial charge on any atom is 1.00 e. The van der Waals surface area contributed by atoms with Gasteiger partial charge in [-0.3, -0.25) is 9.59 Å². The number of amides is 1. The molecule has 1 atom stereocenters. The van der Waals surface area contributed by atoms with Gasteiger partial charge in [-0.2, -0.15) is 0 Å². The Labute approximate surface area is 194 Å². The molecule has 1 unspecified atom stereocenters. The van der Waals surface area contributed by atoms with E-state index in [-0.39, 0.29) is 50.4 Å². The van der Waals surface area contributed by atoms with E-state index in [1.165, 1.54) is 0 Å². The van der Waals surface area contributed by atoms with Gasteiger partial charge in [-0.15, -0.1) is 0 Å². The molecule has 28 heavy (non-hydrogen) atoms. The van der Waals surface area contributed by atoms with Crippen molar-refractivity contribution in [2.45, 2.75) is 58.7 Å². The molecule has 0 aliphatic heterocycles. The summed E-state index contributed by atoms with van der Waals surface area (Å²) in [4.78, 5) is 35.0. The predicted molar refractivity (Wildman–Crippen MR) is 102 cm³/mol. The zero-order chi connectivity index (χ0) is 20.1. The molecule has 152 valence electrons. The summed E-state index contributed by atoms with van der Waals surface area (Å²) in [6, 6.07) is 6.46. The summed E-state index contributed by atoms with van der Waals surface area (Å²) in [5, 5.41) is 3.08. The molecule has 1 N–H and O–H groups in total. The van der Waals surface area contributed by atoms with Crippen LogP contribution in [0.1, 0.15) is 53.8 Å². The molecule has 0 fully saturated rings. The largest absolute Gasteiger partial charge is 1.00 e. The number of ether oxygens (including phenoxy) is 3. The molecular formula is C19H27ClNNaO6. The topological polar surface area (TPSA) is 90.9 Å². The van der Waals surface area contributed by atoms with Crippen molar-refractivity contribution < 1.29 is 59.6 Å². The minimum atomic E-state index is -0.899. The van der Waals surface area contributed by atoms with Gasteiger partial charge in [0.05, 0.1) is 0 Å². The SMILES string of the molecule is CCCC(=O)OC(CCC)OC(=O)NCCCC(=O)Oc1ccc(Cl)cc1.[H-].[Na+]. The summed E-state index contributed by atoms with van der Waals surface area (Å²) >= 11 is 5.76. The summed E-state index contributed by atoms with van der Waals surface area (Å²) < 4.78 is 15.4. The van der Waals surface area contributed by atoms with Crippen molar-refractivity contribution in [1.82, 2.24) is 5.32 Å². The molecule has 0 spiro atoms. The van der Waals surface area contributed by atoms with E-state index in [0.29, 0.717) is 36.5 Å². The summed E-state index contributed by atoms with van der Waals surface area (Å²) in [5.74, 6) is -0.397. The molecule has 1 aromatic rings. The van der Waals surface area contributed by atoms with Crippen molar-refractivity contribution in [1.29, 1.82) is 0 Å². The molecule has 0 radical (unpaired) electrons. The van der Waals surface area contributed by atoms with E-state index < -0.39 is 24.3 Å². The standard InChI is InChI=1S/C19H26ClNO6.Na.H/c1-3-6-16(22)26-18(7-4-2)27-19(24)21-13-5-8-17(23)25-15-11-9-14(20)10-12-15;;/h9-12,18H,3-8,13H2,1-2H3,(H,21,24);;/q;+1;-1. The third-order valence-corrected chi connectivity index (χ3v) is 3.60. The van der Waals surface area contributed by atoms with Crippen molar-refractivity contribution >= 4 is 29.6 Å². The van der Waals surface area contributed by atoms with Crippen LogP contribution >= 0.6 is 11.6 Å². The zero-order valence-corrected chi connectivity index (χ0v) is 19.4. The molecule has 0 aromatic heterocycles. The molecule has 0 aliphatic rings. The Morgan fingerprint density at radius 1 is 1.04 bits per heavy atom. The second-order valence-electron chi connectivity index (χ2n) is 5.82. The van der Waals surface area contributed by atoms with Crippen LogP contribution < -0.4 is 39.6 Å². The first-order valence-corrected chi connectivity index (χ1v) is 9.42. The van der Waals surface area contributed by atoms with Gasteiger partial charge in [-0.05, 0) is 43.5 Å². The summed E-state index contributed by atoms with van der Waals surface area (Å²) in [6.45, 7) is 3.99. The van der Waals surface area contributed by atoms with Gasteiger partial charge >= 0.3 is 47.6 Å². The zero-order valence-electron chi connectivity index (χ0n) is 17.7. The van der Waals surface area contributed by atoms with Crippen LogP contribution in [0.25, 0.3) is 0 Å². The first-order valence-electron chi connectivity index (χ1n) is 9.04. The van der Waals surface area contributed by atoms with E-state index in [1.807, 2.05) is 13.8 Å². The van der Waals surface area contributed by atoms with Crippen molar-refractivity contribution in [2.75, 3.05) is 6.54 Å². The number of carbonyl (C=O) groups excluding carboxylic acids is 3.